The van der Waals surface area contributed by atoms with Gasteiger partial charge in [-0.1, -0.05) is 30.3 Å². The first-order valence-electron chi connectivity index (χ1n) is 6.39. The van der Waals surface area contributed by atoms with Gasteiger partial charge in [0.15, 0.2) is 6.10 Å². The molecule has 6 heteroatoms. The number of hydrogen-bond acceptors (Lipinski definition) is 4. The van der Waals surface area contributed by atoms with Gasteiger partial charge in [0.25, 0.3) is 5.91 Å². The van der Waals surface area contributed by atoms with Gasteiger partial charge in [-0.25, -0.2) is 0 Å². The molecule has 1 amide bonds. The zero-order chi connectivity index (χ0) is 14.8. The molecule has 1 aromatic rings. The van der Waals surface area contributed by atoms with E-state index in [2.05, 4.69) is 5.32 Å². The summed E-state index contributed by atoms with van der Waals surface area (Å²) in [6.45, 7) is 2.71. The minimum atomic E-state index is -0.849. The molecule has 2 N–H and O–H groups in total. The maximum Gasteiger partial charge on any atom is 0.313 e. The molecule has 0 aliphatic carbocycles. The molecule has 0 aliphatic rings. The van der Waals surface area contributed by atoms with Crippen molar-refractivity contribution >= 4 is 23.6 Å². The van der Waals surface area contributed by atoms with Crippen LogP contribution in [0.4, 0.5) is 0 Å². The molecule has 1 atom stereocenters. The highest BCUT2D eigenvalue weighted by Crippen LogP contribution is 2.17. The average Bonchev–Trinajstić information content (AvgIpc) is 2.44. The van der Waals surface area contributed by atoms with Gasteiger partial charge in [0, 0.05) is 18.9 Å². The quantitative estimate of drug-likeness (QED) is 0.679. The smallest absolute Gasteiger partial charge is 0.313 e. The molecule has 1 rings (SSSR count). The van der Waals surface area contributed by atoms with Gasteiger partial charge in [0.2, 0.25) is 0 Å². The fourth-order valence-corrected chi connectivity index (χ4v) is 2.18. The Morgan fingerprint density at radius 3 is 2.65 bits per heavy atom. The Hall–Kier alpha value is -1.53. The van der Waals surface area contributed by atoms with E-state index in [1.54, 1.807) is 0 Å². The first-order valence-corrected chi connectivity index (χ1v) is 7.54. The number of carbonyl (C=O) groups is 2. The van der Waals surface area contributed by atoms with E-state index in [1.165, 1.54) is 11.8 Å². The molecule has 0 heterocycles. The van der Waals surface area contributed by atoms with Crippen LogP contribution in [0.1, 0.15) is 18.6 Å². The minimum absolute atomic E-state index is 0.0451. The summed E-state index contributed by atoms with van der Waals surface area (Å²) < 4.78 is 5.47. The van der Waals surface area contributed by atoms with Crippen LogP contribution in [-0.2, 0) is 14.3 Å². The maximum atomic E-state index is 12.1. The highest BCUT2D eigenvalue weighted by atomic mass is 32.2. The van der Waals surface area contributed by atoms with Crippen molar-refractivity contribution < 1.29 is 19.4 Å². The zero-order valence-corrected chi connectivity index (χ0v) is 12.2. The van der Waals surface area contributed by atoms with E-state index in [9.17, 15) is 9.59 Å². The average molecular weight is 297 g/mol. The number of hydrogen-bond donors (Lipinski definition) is 2. The number of ether oxygens (including phenoxy) is 1. The Labute approximate surface area is 122 Å². The molecular weight excluding hydrogens is 278 g/mol. The second-order valence-corrected chi connectivity index (χ2v) is 5.09. The maximum absolute atomic E-state index is 12.1. The molecule has 0 spiro atoms. The van der Waals surface area contributed by atoms with E-state index >= 15 is 0 Å². The molecule has 0 fully saturated rings. The number of carboxylic acids is 1. The van der Waals surface area contributed by atoms with Crippen molar-refractivity contribution in [2.24, 2.45) is 0 Å². The molecule has 0 radical (unpaired) electrons. The van der Waals surface area contributed by atoms with Crippen molar-refractivity contribution in [2.75, 3.05) is 24.7 Å². The molecule has 110 valence electrons. The molecule has 1 aromatic carbocycles. The highest BCUT2D eigenvalue weighted by Gasteiger charge is 2.19. The summed E-state index contributed by atoms with van der Waals surface area (Å²) in [6.07, 6.45) is -0.620. The van der Waals surface area contributed by atoms with E-state index in [0.29, 0.717) is 18.9 Å². The summed E-state index contributed by atoms with van der Waals surface area (Å²) in [4.78, 5) is 22.4. The molecule has 0 aromatic heterocycles. The number of benzene rings is 1. The molecule has 0 saturated heterocycles. The number of carboxylic acid groups (broad SMARTS) is 1. The highest BCUT2D eigenvalue weighted by molar-refractivity contribution is 7.99. The number of amides is 1. The van der Waals surface area contributed by atoms with Gasteiger partial charge >= 0.3 is 5.97 Å². The Balaban J connectivity index is 2.43. The van der Waals surface area contributed by atoms with E-state index in [1.807, 2.05) is 37.3 Å². The van der Waals surface area contributed by atoms with Gasteiger partial charge in [-0.3, -0.25) is 9.59 Å². The predicted molar refractivity (Wildman–Crippen MR) is 78.8 cm³/mol. The van der Waals surface area contributed by atoms with Crippen molar-refractivity contribution in [3.63, 3.8) is 0 Å². The van der Waals surface area contributed by atoms with Gasteiger partial charge in [0.1, 0.15) is 0 Å². The second-order valence-electron chi connectivity index (χ2n) is 3.98. The van der Waals surface area contributed by atoms with E-state index in [-0.39, 0.29) is 11.7 Å². The molecule has 0 aliphatic heterocycles. The third-order valence-electron chi connectivity index (χ3n) is 2.44. The minimum Gasteiger partial charge on any atom is -0.481 e. The molecular formula is C14H19NO4S. The van der Waals surface area contributed by atoms with Crippen LogP contribution < -0.4 is 5.32 Å². The van der Waals surface area contributed by atoms with E-state index in [4.69, 9.17) is 9.84 Å². The lowest BCUT2D eigenvalue weighted by atomic mass is 10.1. The van der Waals surface area contributed by atoms with Crippen LogP contribution >= 0.6 is 11.8 Å². The molecule has 0 bridgehead atoms. The van der Waals surface area contributed by atoms with Crippen LogP contribution in [0.25, 0.3) is 0 Å². The number of nitrogens with one attached hydrogen (secondary N) is 1. The number of carbonyl (C=O) groups excluding carboxylic acids is 1. The SMILES string of the molecule is CCOC(C(=O)NCCSCC(=O)O)c1ccccc1. The lowest BCUT2D eigenvalue weighted by Gasteiger charge is -2.17. The Bertz CT molecular complexity index is 424. The number of rotatable bonds is 9. The number of thioether (sulfide) groups is 1. The van der Waals surface area contributed by atoms with Crippen molar-refractivity contribution in [1.29, 1.82) is 0 Å². The van der Waals surface area contributed by atoms with E-state index in [0.717, 1.165) is 5.56 Å². The Kier molecular flexibility index (Phi) is 7.75. The largest absolute Gasteiger partial charge is 0.481 e. The standard InChI is InChI=1S/C14H19NO4S/c1-2-19-13(11-6-4-3-5-7-11)14(18)15-8-9-20-10-12(16)17/h3-7,13H,2,8-10H2,1H3,(H,15,18)(H,16,17). The summed E-state index contributed by atoms with van der Waals surface area (Å²) >= 11 is 1.27. The van der Waals surface area contributed by atoms with Crippen LogP contribution in [-0.4, -0.2) is 41.6 Å². The summed E-state index contributed by atoms with van der Waals surface area (Å²) in [5.74, 6) is -0.443. The Morgan fingerprint density at radius 1 is 1.35 bits per heavy atom. The van der Waals surface area contributed by atoms with Crippen molar-refractivity contribution in [3.05, 3.63) is 35.9 Å². The second kappa shape index (κ2) is 9.39. The van der Waals surface area contributed by atoms with Crippen LogP contribution in [0.5, 0.6) is 0 Å². The fourth-order valence-electron chi connectivity index (χ4n) is 1.62. The van der Waals surface area contributed by atoms with Gasteiger partial charge in [-0.05, 0) is 12.5 Å². The van der Waals surface area contributed by atoms with Crippen molar-refractivity contribution in [2.45, 2.75) is 13.0 Å². The Morgan fingerprint density at radius 2 is 2.05 bits per heavy atom. The van der Waals surface area contributed by atoms with Crippen molar-refractivity contribution in [3.8, 4) is 0 Å². The van der Waals surface area contributed by atoms with E-state index < -0.39 is 12.1 Å². The van der Waals surface area contributed by atoms with Crippen LogP contribution in [0.3, 0.4) is 0 Å². The molecule has 5 nitrogen and oxygen atoms in total. The summed E-state index contributed by atoms with van der Waals surface area (Å²) in [5, 5.41) is 11.3. The zero-order valence-electron chi connectivity index (χ0n) is 11.4. The first kappa shape index (κ1) is 16.5. The third-order valence-corrected chi connectivity index (χ3v) is 3.39. The normalized spacial score (nSPS) is 11.8. The molecule has 20 heavy (non-hydrogen) atoms. The lowest BCUT2D eigenvalue weighted by Crippen LogP contribution is -2.32. The first-order chi connectivity index (χ1) is 9.65. The van der Waals surface area contributed by atoms with Crippen LogP contribution in [0.2, 0.25) is 0 Å². The molecule has 0 saturated carbocycles. The number of aliphatic carboxylic acids is 1. The van der Waals surface area contributed by atoms with Crippen molar-refractivity contribution in [1.82, 2.24) is 5.32 Å². The topological polar surface area (TPSA) is 75.6 Å². The predicted octanol–water partition coefficient (Wildman–Crippen LogP) is 1.70. The fraction of sp³-hybridized carbons (Fsp3) is 0.429. The van der Waals surface area contributed by atoms with Gasteiger partial charge in [-0.2, -0.15) is 0 Å². The third kappa shape index (κ3) is 6.08. The van der Waals surface area contributed by atoms with Gasteiger partial charge in [-0.15, -0.1) is 11.8 Å². The van der Waals surface area contributed by atoms with Crippen LogP contribution in [0, 0.1) is 0 Å². The summed E-state index contributed by atoms with van der Waals surface area (Å²) in [6, 6.07) is 9.29. The molecule has 1 unspecified atom stereocenters. The summed E-state index contributed by atoms with van der Waals surface area (Å²) in [7, 11) is 0. The van der Waals surface area contributed by atoms with Gasteiger partial charge < -0.3 is 15.2 Å². The van der Waals surface area contributed by atoms with Gasteiger partial charge in [0.05, 0.1) is 5.75 Å². The monoisotopic (exact) mass is 297 g/mol. The van der Waals surface area contributed by atoms with Crippen LogP contribution in [0.15, 0.2) is 30.3 Å². The summed E-state index contributed by atoms with van der Waals surface area (Å²) in [5.41, 5.74) is 0.810. The lowest BCUT2D eigenvalue weighted by molar-refractivity contribution is -0.134.